The topological polar surface area (TPSA) is 85.0 Å². The van der Waals surface area contributed by atoms with Crippen LogP contribution in [0.1, 0.15) is 83.6 Å². The lowest BCUT2D eigenvalue weighted by Gasteiger charge is -2.48. The van der Waals surface area contributed by atoms with Gasteiger partial charge in [0.15, 0.2) is 0 Å². The lowest BCUT2D eigenvalue weighted by atomic mass is 9.87. The smallest absolute Gasteiger partial charge is 0.319 e. The fourth-order valence-electron chi connectivity index (χ4n) is 7.18. The molecule has 2 aliphatic carbocycles. The van der Waals surface area contributed by atoms with Crippen molar-refractivity contribution in [3.05, 3.63) is 34.9 Å². The number of halogens is 1. The molecule has 2 saturated carbocycles. The maximum atomic E-state index is 14.1. The second-order valence-corrected chi connectivity index (χ2v) is 13.2. The number of nitrogens with one attached hydrogen (secondary N) is 2. The number of amides is 4. The van der Waals surface area contributed by atoms with E-state index in [1.807, 2.05) is 43.3 Å². The molecule has 2 N–H and O–H groups in total. The number of piperidine rings is 1. The number of urea groups is 1. The van der Waals surface area contributed by atoms with Crippen LogP contribution in [0.5, 0.6) is 0 Å². The fraction of sp³-hybridized carbons (Fsp3) is 0.719. The molecule has 0 spiro atoms. The molecular weight excluding hydrogens is 538 g/mol. The number of hydrogen-bond acceptors (Lipinski definition) is 4. The maximum absolute atomic E-state index is 14.1. The summed E-state index contributed by atoms with van der Waals surface area (Å²) in [5.74, 6) is 0.351. The number of likely N-dealkylation sites (tertiary alicyclic amines) is 1. The standard InChI is InChI=1S/C32H50ClN5O3/c1-22-21-37(19-18-30(22)38(32(41)36(3)4)28-8-6-5-7-9-28)31(40)29(20-24-10-12-25(33)13-11-24)35-27-16-14-26(15-17-27)34-23(2)39/h10-13,22,26-30,35H,5-9,14-21H2,1-4H3,(H,34,39)/t22?,26?,27?,29-,30?/m1/s1. The second kappa shape index (κ2) is 14.7. The van der Waals surface area contributed by atoms with Gasteiger partial charge in [-0.2, -0.15) is 0 Å². The van der Waals surface area contributed by atoms with Gasteiger partial charge in [-0.1, -0.05) is 49.9 Å². The third-order valence-corrected chi connectivity index (χ3v) is 9.58. The summed E-state index contributed by atoms with van der Waals surface area (Å²) in [7, 11) is 3.69. The highest BCUT2D eigenvalue weighted by molar-refractivity contribution is 6.30. The Labute approximate surface area is 251 Å². The van der Waals surface area contributed by atoms with E-state index in [2.05, 4.69) is 22.5 Å². The highest BCUT2D eigenvalue weighted by atomic mass is 35.5. The first-order valence-corrected chi connectivity index (χ1v) is 16.1. The van der Waals surface area contributed by atoms with Gasteiger partial charge in [0.05, 0.1) is 6.04 Å². The van der Waals surface area contributed by atoms with Gasteiger partial charge >= 0.3 is 6.03 Å². The van der Waals surface area contributed by atoms with Crippen LogP contribution in [0.4, 0.5) is 4.79 Å². The van der Waals surface area contributed by atoms with Crippen LogP contribution in [0.2, 0.25) is 5.02 Å². The van der Waals surface area contributed by atoms with Gasteiger partial charge in [0.2, 0.25) is 11.8 Å². The predicted octanol–water partition coefficient (Wildman–Crippen LogP) is 4.84. The van der Waals surface area contributed by atoms with Gasteiger partial charge in [0.1, 0.15) is 0 Å². The SMILES string of the molecule is CC(=O)NC1CCC(N[C@H](Cc2ccc(Cl)cc2)C(=O)N2CCC(N(C(=O)N(C)C)C3CCCCC3)C(C)C2)CC1. The monoisotopic (exact) mass is 587 g/mol. The zero-order valence-electron chi connectivity index (χ0n) is 25.4. The molecule has 2 unspecified atom stereocenters. The van der Waals surface area contributed by atoms with E-state index in [1.165, 1.54) is 19.3 Å². The van der Waals surface area contributed by atoms with Gasteiger partial charge in [0.25, 0.3) is 0 Å². The van der Waals surface area contributed by atoms with E-state index in [0.29, 0.717) is 30.6 Å². The van der Waals surface area contributed by atoms with Crippen molar-refractivity contribution in [3.8, 4) is 0 Å². The van der Waals surface area contributed by atoms with Gasteiger partial charge in [-0.05, 0) is 75.0 Å². The molecule has 41 heavy (non-hydrogen) atoms. The first-order chi connectivity index (χ1) is 19.6. The zero-order chi connectivity index (χ0) is 29.5. The molecule has 3 atom stereocenters. The molecule has 3 fully saturated rings. The van der Waals surface area contributed by atoms with Crippen LogP contribution in [0.15, 0.2) is 24.3 Å². The van der Waals surface area contributed by atoms with Gasteiger partial charge in [-0.25, -0.2) is 4.79 Å². The minimum absolute atomic E-state index is 0.0176. The van der Waals surface area contributed by atoms with E-state index >= 15 is 0 Å². The number of carbonyl (C=O) groups is 3. The summed E-state index contributed by atoms with van der Waals surface area (Å²) in [6.45, 7) is 5.08. The van der Waals surface area contributed by atoms with Crippen molar-refractivity contribution >= 4 is 29.4 Å². The lowest BCUT2D eigenvalue weighted by molar-refractivity contribution is -0.136. The zero-order valence-corrected chi connectivity index (χ0v) is 26.2. The van der Waals surface area contributed by atoms with E-state index in [0.717, 1.165) is 50.5 Å². The Hall–Kier alpha value is -2.32. The predicted molar refractivity (Wildman–Crippen MR) is 164 cm³/mol. The molecule has 0 radical (unpaired) electrons. The fourth-order valence-corrected chi connectivity index (χ4v) is 7.30. The molecule has 1 aliphatic heterocycles. The largest absolute Gasteiger partial charge is 0.354 e. The Morgan fingerprint density at radius 1 is 0.951 bits per heavy atom. The number of nitrogens with zero attached hydrogens (tertiary/aromatic N) is 3. The van der Waals surface area contributed by atoms with Gasteiger partial charge < -0.3 is 25.3 Å². The molecule has 1 aromatic rings. The molecule has 1 saturated heterocycles. The van der Waals surface area contributed by atoms with E-state index in [4.69, 9.17) is 11.6 Å². The Balaban J connectivity index is 1.44. The first kappa shape index (κ1) is 31.6. The summed E-state index contributed by atoms with van der Waals surface area (Å²) >= 11 is 6.14. The third-order valence-electron chi connectivity index (χ3n) is 9.32. The molecule has 228 valence electrons. The molecular formula is C32H50ClN5O3. The molecule has 1 heterocycles. The number of benzene rings is 1. The molecule has 3 aliphatic rings. The van der Waals surface area contributed by atoms with Crippen molar-refractivity contribution in [2.75, 3.05) is 27.2 Å². The van der Waals surface area contributed by atoms with Crippen LogP contribution in [0.3, 0.4) is 0 Å². The van der Waals surface area contributed by atoms with Gasteiger partial charge in [-0.15, -0.1) is 0 Å². The number of carbonyl (C=O) groups excluding carboxylic acids is 3. The van der Waals surface area contributed by atoms with Crippen molar-refractivity contribution in [1.29, 1.82) is 0 Å². The van der Waals surface area contributed by atoms with Crippen molar-refractivity contribution < 1.29 is 14.4 Å². The van der Waals surface area contributed by atoms with Crippen LogP contribution in [-0.4, -0.2) is 89.9 Å². The average Bonchev–Trinajstić information content (AvgIpc) is 2.95. The summed E-state index contributed by atoms with van der Waals surface area (Å²) in [6, 6.07) is 8.42. The van der Waals surface area contributed by atoms with E-state index in [9.17, 15) is 14.4 Å². The van der Waals surface area contributed by atoms with E-state index in [1.54, 1.807) is 11.8 Å². The summed E-state index contributed by atoms with van der Waals surface area (Å²) in [5, 5.41) is 7.45. The minimum atomic E-state index is -0.333. The normalized spacial score (nSPS) is 26.2. The molecule has 1 aromatic carbocycles. The average molecular weight is 588 g/mol. The quantitative estimate of drug-likeness (QED) is 0.456. The van der Waals surface area contributed by atoms with Crippen molar-refractivity contribution in [3.63, 3.8) is 0 Å². The molecule has 9 heteroatoms. The lowest BCUT2D eigenvalue weighted by Crippen LogP contribution is -2.60. The number of rotatable bonds is 8. The molecule has 4 amide bonds. The highest BCUT2D eigenvalue weighted by Crippen LogP contribution is 2.31. The van der Waals surface area contributed by atoms with Crippen molar-refractivity contribution in [2.24, 2.45) is 5.92 Å². The Bertz CT molecular complexity index is 1020. The molecule has 0 aromatic heterocycles. The highest BCUT2D eigenvalue weighted by Gasteiger charge is 2.40. The van der Waals surface area contributed by atoms with E-state index in [-0.39, 0.29) is 47.9 Å². The molecule has 4 rings (SSSR count). The Morgan fingerprint density at radius 3 is 2.17 bits per heavy atom. The third kappa shape index (κ3) is 8.60. The van der Waals surface area contributed by atoms with Gasteiger partial charge in [-0.3, -0.25) is 9.59 Å². The van der Waals surface area contributed by atoms with Crippen LogP contribution in [0.25, 0.3) is 0 Å². The molecule has 0 bridgehead atoms. The summed E-state index contributed by atoms with van der Waals surface area (Å²) < 4.78 is 0. The number of hydrogen-bond donors (Lipinski definition) is 2. The van der Waals surface area contributed by atoms with Crippen molar-refractivity contribution in [2.45, 2.75) is 115 Å². The van der Waals surface area contributed by atoms with Crippen LogP contribution in [-0.2, 0) is 16.0 Å². The summed E-state index contributed by atoms with van der Waals surface area (Å²) in [5.41, 5.74) is 1.08. The first-order valence-electron chi connectivity index (χ1n) is 15.7. The summed E-state index contributed by atoms with van der Waals surface area (Å²) in [4.78, 5) is 44.9. The minimum Gasteiger partial charge on any atom is -0.354 e. The van der Waals surface area contributed by atoms with Gasteiger partial charge in [0, 0.05) is 63.3 Å². The summed E-state index contributed by atoms with van der Waals surface area (Å²) in [6.07, 6.45) is 10.8. The van der Waals surface area contributed by atoms with E-state index < -0.39 is 0 Å². The van der Waals surface area contributed by atoms with Crippen LogP contribution >= 0.6 is 11.6 Å². The van der Waals surface area contributed by atoms with Crippen LogP contribution < -0.4 is 10.6 Å². The maximum Gasteiger partial charge on any atom is 0.319 e. The van der Waals surface area contributed by atoms with Crippen molar-refractivity contribution in [1.82, 2.24) is 25.3 Å². The second-order valence-electron chi connectivity index (χ2n) is 12.8. The molecule has 8 nitrogen and oxygen atoms in total. The van der Waals surface area contributed by atoms with Crippen LogP contribution in [0, 0.1) is 5.92 Å². The Morgan fingerprint density at radius 2 is 1.59 bits per heavy atom. The Kier molecular flexibility index (Phi) is 11.4.